The molecule has 0 radical (unpaired) electrons. The van der Waals surface area contributed by atoms with Gasteiger partial charge in [-0.05, 0) is 24.6 Å². The van der Waals surface area contributed by atoms with Gasteiger partial charge in [-0.1, -0.05) is 48.5 Å². The lowest BCUT2D eigenvalue weighted by molar-refractivity contribution is -0.109. The van der Waals surface area contributed by atoms with Gasteiger partial charge in [0.1, 0.15) is 5.75 Å². The van der Waals surface area contributed by atoms with Crippen LogP contribution in [0.4, 0.5) is 4.79 Å². The Hall–Kier alpha value is -2.33. The van der Waals surface area contributed by atoms with E-state index >= 15 is 0 Å². The molecule has 0 aromatic heterocycles. The van der Waals surface area contributed by atoms with Gasteiger partial charge in [0.05, 0.1) is 0 Å². The predicted molar refractivity (Wildman–Crippen MR) is 79.1 cm³/mol. The number of benzene rings is 2. The minimum Gasteiger partial charge on any atom is -0.404 e. The fraction of sp³-hybridized carbons (Fsp3) is 0.235. The van der Waals surface area contributed by atoms with Gasteiger partial charge in [0.15, 0.2) is 0 Å². The van der Waals surface area contributed by atoms with Crippen LogP contribution >= 0.6 is 0 Å². The fourth-order valence-electron chi connectivity index (χ4n) is 1.84. The van der Waals surface area contributed by atoms with Crippen molar-refractivity contribution in [3.05, 3.63) is 66.2 Å². The highest BCUT2D eigenvalue weighted by molar-refractivity contribution is 5.63. The van der Waals surface area contributed by atoms with E-state index in [2.05, 4.69) is 0 Å². The molecule has 1 atom stereocenters. The van der Waals surface area contributed by atoms with Gasteiger partial charge >= 0.3 is 6.16 Å². The average molecular weight is 286 g/mol. The number of carbonyl (C=O) groups is 1. The van der Waals surface area contributed by atoms with Crippen molar-refractivity contribution in [3.8, 4) is 5.75 Å². The van der Waals surface area contributed by atoms with Crippen LogP contribution in [0.25, 0.3) is 0 Å². The van der Waals surface area contributed by atoms with Crippen LogP contribution in [0.1, 0.15) is 12.5 Å². The van der Waals surface area contributed by atoms with Crippen LogP contribution in [0.2, 0.25) is 0 Å². The molecule has 2 aromatic rings. The van der Waals surface area contributed by atoms with E-state index in [-0.39, 0.29) is 0 Å². The number of ether oxygens (including phenoxy) is 3. The minimum atomic E-state index is -0.768. The van der Waals surface area contributed by atoms with E-state index in [0.29, 0.717) is 18.8 Å². The Morgan fingerprint density at radius 3 is 2.24 bits per heavy atom. The first-order chi connectivity index (χ1) is 10.3. The maximum absolute atomic E-state index is 11.8. The molecule has 110 valence electrons. The normalized spacial score (nSPS) is 11.7. The maximum atomic E-state index is 11.8. The van der Waals surface area contributed by atoms with Crippen LogP contribution in [0.15, 0.2) is 60.7 Å². The molecule has 0 spiro atoms. The molecule has 0 saturated carbocycles. The lowest BCUT2D eigenvalue weighted by Crippen LogP contribution is -2.25. The van der Waals surface area contributed by atoms with E-state index in [1.165, 1.54) is 0 Å². The molecule has 21 heavy (non-hydrogen) atoms. The molecule has 0 aliphatic carbocycles. The van der Waals surface area contributed by atoms with Crippen molar-refractivity contribution in [3.63, 3.8) is 0 Å². The van der Waals surface area contributed by atoms with Gasteiger partial charge in [0, 0.05) is 13.0 Å². The molecule has 0 aliphatic rings. The van der Waals surface area contributed by atoms with Crippen molar-refractivity contribution in [1.82, 2.24) is 0 Å². The zero-order valence-corrected chi connectivity index (χ0v) is 11.9. The second-order valence-electron chi connectivity index (χ2n) is 4.36. The largest absolute Gasteiger partial charge is 0.516 e. The summed E-state index contributed by atoms with van der Waals surface area (Å²) < 4.78 is 15.7. The molecule has 0 N–H and O–H groups in total. The van der Waals surface area contributed by atoms with Gasteiger partial charge in [0.25, 0.3) is 0 Å². The van der Waals surface area contributed by atoms with Crippen LogP contribution in [-0.4, -0.2) is 19.1 Å². The van der Waals surface area contributed by atoms with E-state index in [1.807, 2.05) is 43.3 Å². The Morgan fingerprint density at radius 1 is 1.00 bits per heavy atom. The summed E-state index contributed by atoms with van der Waals surface area (Å²) in [5.74, 6) is 0.442. The van der Waals surface area contributed by atoms with Gasteiger partial charge in [-0.2, -0.15) is 0 Å². The van der Waals surface area contributed by atoms with E-state index < -0.39 is 12.4 Å². The Bertz CT molecular complexity index is 539. The topological polar surface area (TPSA) is 44.8 Å². The quantitative estimate of drug-likeness (QED) is 0.460. The van der Waals surface area contributed by atoms with Crippen molar-refractivity contribution in [2.24, 2.45) is 0 Å². The van der Waals surface area contributed by atoms with E-state index in [1.54, 1.807) is 24.3 Å². The molecule has 0 heterocycles. The van der Waals surface area contributed by atoms with E-state index in [4.69, 9.17) is 14.2 Å². The summed E-state index contributed by atoms with van der Waals surface area (Å²) in [5, 5.41) is 0. The van der Waals surface area contributed by atoms with Crippen LogP contribution in [0.5, 0.6) is 5.75 Å². The molecule has 2 aromatic carbocycles. The highest BCUT2D eigenvalue weighted by Crippen LogP contribution is 2.12. The average Bonchev–Trinajstić information content (AvgIpc) is 2.49. The first kappa shape index (κ1) is 15.1. The molecular weight excluding hydrogens is 268 g/mol. The monoisotopic (exact) mass is 286 g/mol. The second-order valence-corrected chi connectivity index (χ2v) is 4.36. The Kier molecular flexibility index (Phi) is 5.79. The van der Waals surface area contributed by atoms with Gasteiger partial charge in [-0.25, -0.2) is 4.79 Å². The van der Waals surface area contributed by atoms with Crippen molar-refractivity contribution < 1.29 is 19.0 Å². The molecule has 1 unspecified atom stereocenters. The van der Waals surface area contributed by atoms with Gasteiger partial charge < -0.3 is 14.2 Å². The first-order valence-electron chi connectivity index (χ1n) is 6.87. The summed E-state index contributed by atoms with van der Waals surface area (Å²) in [7, 11) is 0. The highest BCUT2D eigenvalue weighted by atomic mass is 16.8. The van der Waals surface area contributed by atoms with Crippen molar-refractivity contribution >= 4 is 6.16 Å². The standard InChI is InChI=1S/C17H18O4/c1-2-19-16(13-14-9-5-3-6-10-14)21-17(18)20-15-11-7-4-8-12-15/h3-12,16H,2,13H2,1H3. The third-order valence-corrected chi connectivity index (χ3v) is 2.77. The van der Waals surface area contributed by atoms with Crippen LogP contribution in [-0.2, 0) is 15.9 Å². The molecule has 0 bridgehead atoms. The number of rotatable bonds is 6. The molecule has 4 heteroatoms. The number of para-hydroxylation sites is 1. The Labute approximate surface area is 124 Å². The minimum absolute atomic E-state index is 0.442. The molecule has 2 rings (SSSR count). The Morgan fingerprint density at radius 2 is 1.62 bits per heavy atom. The number of hydrogen-bond acceptors (Lipinski definition) is 4. The van der Waals surface area contributed by atoms with E-state index in [0.717, 1.165) is 5.56 Å². The predicted octanol–water partition coefficient (Wildman–Crippen LogP) is 3.81. The summed E-state index contributed by atoms with van der Waals surface area (Å²) in [4.78, 5) is 11.8. The van der Waals surface area contributed by atoms with Gasteiger partial charge in [-0.15, -0.1) is 0 Å². The number of hydrogen-bond donors (Lipinski definition) is 0. The summed E-state index contributed by atoms with van der Waals surface area (Å²) >= 11 is 0. The maximum Gasteiger partial charge on any atom is 0.516 e. The summed E-state index contributed by atoms with van der Waals surface area (Å²) in [6.45, 7) is 2.31. The molecule has 0 aliphatic heterocycles. The Balaban J connectivity index is 1.91. The van der Waals surface area contributed by atoms with Crippen molar-refractivity contribution in [1.29, 1.82) is 0 Å². The molecule has 0 fully saturated rings. The van der Waals surface area contributed by atoms with Crippen molar-refractivity contribution in [2.75, 3.05) is 6.61 Å². The molecule has 0 amide bonds. The summed E-state index contributed by atoms with van der Waals surface area (Å²) in [6.07, 6.45) is -0.942. The third kappa shape index (κ3) is 5.28. The molecular formula is C17H18O4. The fourth-order valence-corrected chi connectivity index (χ4v) is 1.84. The SMILES string of the molecule is CCOC(Cc1ccccc1)OC(=O)Oc1ccccc1. The second kappa shape index (κ2) is 8.07. The van der Waals surface area contributed by atoms with Gasteiger partial charge in [0.2, 0.25) is 6.29 Å². The lowest BCUT2D eigenvalue weighted by atomic mass is 10.1. The van der Waals surface area contributed by atoms with Crippen LogP contribution in [0.3, 0.4) is 0 Å². The summed E-state index contributed by atoms with van der Waals surface area (Å²) in [5.41, 5.74) is 1.03. The molecule has 0 saturated heterocycles. The zero-order valence-electron chi connectivity index (χ0n) is 11.9. The smallest absolute Gasteiger partial charge is 0.404 e. The molecule has 4 nitrogen and oxygen atoms in total. The number of carbonyl (C=O) groups excluding carboxylic acids is 1. The highest BCUT2D eigenvalue weighted by Gasteiger charge is 2.16. The first-order valence-corrected chi connectivity index (χ1v) is 6.87. The zero-order chi connectivity index (χ0) is 14.9. The van der Waals surface area contributed by atoms with Crippen LogP contribution in [0, 0.1) is 0 Å². The van der Waals surface area contributed by atoms with Crippen molar-refractivity contribution in [2.45, 2.75) is 19.6 Å². The van der Waals surface area contributed by atoms with Gasteiger partial charge in [-0.3, -0.25) is 0 Å². The lowest BCUT2D eigenvalue weighted by Gasteiger charge is -2.17. The summed E-state index contributed by atoms with van der Waals surface area (Å²) in [6, 6.07) is 18.5. The van der Waals surface area contributed by atoms with E-state index in [9.17, 15) is 4.79 Å². The third-order valence-electron chi connectivity index (χ3n) is 2.77. The van der Waals surface area contributed by atoms with Crippen LogP contribution < -0.4 is 4.74 Å².